The molecule has 0 aromatic carbocycles. The molecule has 0 spiro atoms. The molecule has 0 bridgehead atoms. The molecule has 0 aliphatic heterocycles. The van der Waals surface area contributed by atoms with Crippen LogP contribution in [0.1, 0.15) is 13.8 Å². The Kier molecular flexibility index (Phi) is 4.70. The number of alkyl halides is 3. The van der Waals surface area contributed by atoms with Crippen LogP contribution in [0.15, 0.2) is 0 Å². The average molecular weight is 199 g/mol. The summed E-state index contributed by atoms with van der Waals surface area (Å²) in [5, 5.41) is 8.58. The fraction of sp³-hybridized carbons (Fsp3) is 1.00. The Labute approximate surface area is 76.3 Å². The van der Waals surface area contributed by atoms with Gasteiger partial charge in [-0.1, -0.05) is 13.8 Å². The molecule has 0 heterocycles. The van der Waals surface area contributed by atoms with E-state index in [4.69, 9.17) is 5.11 Å². The molecule has 0 aromatic rings. The lowest BCUT2D eigenvalue weighted by Gasteiger charge is -2.29. The van der Waals surface area contributed by atoms with E-state index in [1.807, 2.05) is 13.8 Å². The molecule has 0 saturated heterocycles. The SMILES string of the molecule is CC(C)CN(C)C(CO)C(F)(F)F. The molecule has 0 saturated carbocycles. The first-order valence-corrected chi connectivity index (χ1v) is 4.16. The molecule has 0 rings (SSSR count). The molecule has 13 heavy (non-hydrogen) atoms. The number of halogens is 3. The number of rotatable bonds is 4. The van der Waals surface area contributed by atoms with Crippen molar-refractivity contribution in [3.63, 3.8) is 0 Å². The van der Waals surface area contributed by atoms with E-state index in [0.29, 0.717) is 6.54 Å². The number of aliphatic hydroxyl groups excluding tert-OH is 1. The molecular formula is C8H16F3NO. The molecule has 1 unspecified atom stereocenters. The van der Waals surface area contributed by atoms with Gasteiger partial charge >= 0.3 is 6.18 Å². The van der Waals surface area contributed by atoms with E-state index in [1.165, 1.54) is 7.05 Å². The molecule has 2 nitrogen and oxygen atoms in total. The van der Waals surface area contributed by atoms with Gasteiger partial charge in [-0.15, -0.1) is 0 Å². The van der Waals surface area contributed by atoms with Crippen LogP contribution in [-0.2, 0) is 0 Å². The van der Waals surface area contributed by atoms with Crippen LogP contribution < -0.4 is 0 Å². The fourth-order valence-electron chi connectivity index (χ4n) is 1.20. The molecule has 80 valence electrons. The molecule has 1 N–H and O–H groups in total. The van der Waals surface area contributed by atoms with Gasteiger partial charge in [-0.2, -0.15) is 13.2 Å². The topological polar surface area (TPSA) is 23.5 Å². The third-order valence-corrected chi connectivity index (χ3v) is 1.74. The lowest BCUT2D eigenvalue weighted by atomic mass is 10.2. The highest BCUT2D eigenvalue weighted by molar-refractivity contribution is 4.76. The van der Waals surface area contributed by atoms with Gasteiger partial charge in [0.05, 0.1) is 6.61 Å². The third kappa shape index (κ3) is 4.47. The molecule has 1 atom stereocenters. The second kappa shape index (κ2) is 4.81. The zero-order valence-electron chi connectivity index (χ0n) is 8.10. The normalized spacial score (nSPS) is 15.5. The summed E-state index contributed by atoms with van der Waals surface area (Å²) in [6, 6.07) is -1.74. The molecule has 0 fully saturated rings. The second-order valence-electron chi connectivity index (χ2n) is 3.57. The van der Waals surface area contributed by atoms with Gasteiger partial charge in [0.1, 0.15) is 6.04 Å². The number of aliphatic hydroxyl groups is 1. The van der Waals surface area contributed by atoms with Gasteiger partial charge < -0.3 is 5.11 Å². The van der Waals surface area contributed by atoms with Gasteiger partial charge in [-0.05, 0) is 13.0 Å². The summed E-state index contributed by atoms with van der Waals surface area (Å²) in [7, 11) is 1.37. The summed E-state index contributed by atoms with van der Waals surface area (Å²) < 4.78 is 36.7. The van der Waals surface area contributed by atoms with E-state index in [9.17, 15) is 13.2 Å². The first-order chi connectivity index (χ1) is 5.79. The van der Waals surface area contributed by atoms with Crippen LogP contribution in [0.5, 0.6) is 0 Å². The maximum atomic E-state index is 12.2. The lowest BCUT2D eigenvalue weighted by molar-refractivity contribution is -0.190. The summed E-state index contributed by atoms with van der Waals surface area (Å²) in [5.41, 5.74) is 0. The minimum absolute atomic E-state index is 0.154. The largest absolute Gasteiger partial charge is 0.406 e. The van der Waals surface area contributed by atoms with Crippen molar-refractivity contribution in [2.24, 2.45) is 5.92 Å². The Morgan fingerprint density at radius 3 is 2.00 bits per heavy atom. The van der Waals surface area contributed by atoms with Crippen LogP contribution in [0.2, 0.25) is 0 Å². The van der Waals surface area contributed by atoms with E-state index in [2.05, 4.69) is 0 Å². The zero-order chi connectivity index (χ0) is 10.6. The standard InChI is InChI=1S/C8H16F3NO/c1-6(2)4-12(3)7(5-13)8(9,10)11/h6-7,13H,4-5H2,1-3H3. The van der Waals surface area contributed by atoms with Gasteiger partial charge in [-0.3, -0.25) is 4.90 Å². The molecule has 0 radical (unpaired) electrons. The van der Waals surface area contributed by atoms with Crippen LogP contribution in [-0.4, -0.2) is 42.4 Å². The van der Waals surface area contributed by atoms with Gasteiger partial charge in [0, 0.05) is 6.54 Å². The van der Waals surface area contributed by atoms with Crippen molar-refractivity contribution in [1.82, 2.24) is 4.90 Å². The van der Waals surface area contributed by atoms with Crippen molar-refractivity contribution in [3.8, 4) is 0 Å². The number of hydrogen-bond acceptors (Lipinski definition) is 2. The maximum Gasteiger partial charge on any atom is 0.406 e. The van der Waals surface area contributed by atoms with Crippen LogP contribution in [0.3, 0.4) is 0 Å². The van der Waals surface area contributed by atoms with E-state index in [-0.39, 0.29) is 5.92 Å². The minimum atomic E-state index is -4.35. The smallest absolute Gasteiger partial charge is 0.394 e. The van der Waals surface area contributed by atoms with Gasteiger partial charge in [0.2, 0.25) is 0 Å². The number of likely N-dealkylation sites (N-methyl/N-ethyl adjacent to an activating group) is 1. The van der Waals surface area contributed by atoms with Crippen molar-refractivity contribution >= 4 is 0 Å². The van der Waals surface area contributed by atoms with E-state index < -0.39 is 18.8 Å². The Hall–Kier alpha value is -0.290. The lowest BCUT2D eigenvalue weighted by Crippen LogP contribution is -2.47. The number of nitrogens with zero attached hydrogens (tertiary/aromatic N) is 1. The zero-order valence-corrected chi connectivity index (χ0v) is 8.10. The molecule has 0 aromatic heterocycles. The monoisotopic (exact) mass is 199 g/mol. The molecular weight excluding hydrogens is 183 g/mol. The quantitative estimate of drug-likeness (QED) is 0.741. The molecule has 0 aliphatic carbocycles. The van der Waals surface area contributed by atoms with Gasteiger partial charge in [0.25, 0.3) is 0 Å². The average Bonchev–Trinajstić information content (AvgIpc) is 1.82. The van der Waals surface area contributed by atoms with E-state index >= 15 is 0 Å². The van der Waals surface area contributed by atoms with Crippen molar-refractivity contribution in [2.75, 3.05) is 20.2 Å². The molecule has 5 heteroatoms. The Morgan fingerprint density at radius 1 is 1.31 bits per heavy atom. The first kappa shape index (κ1) is 12.7. The summed E-state index contributed by atoms with van der Waals surface area (Å²) in [5.74, 6) is 0.154. The first-order valence-electron chi connectivity index (χ1n) is 4.16. The highest BCUT2D eigenvalue weighted by atomic mass is 19.4. The molecule has 0 amide bonds. The Balaban J connectivity index is 4.24. The van der Waals surface area contributed by atoms with Gasteiger partial charge in [0.15, 0.2) is 0 Å². The van der Waals surface area contributed by atoms with Crippen LogP contribution in [0, 0.1) is 5.92 Å². The van der Waals surface area contributed by atoms with Crippen molar-refractivity contribution < 1.29 is 18.3 Å². The van der Waals surface area contributed by atoms with Gasteiger partial charge in [-0.25, -0.2) is 0 Å². The summed E-state index contributed by atoms with van der Waals surface area (Å²) in [4.78, 5) is 1.13. The van der Waals surface area contributed by atoms with Crippen molar-refractivity contribution in [3.05, 3.63) is 0 Å². The summed E-state index contributed by atoms with van der Waals surface area (Å²) >= 11 is 0. The van der Waals surface area contributed by atoms with Crippen molar-refractivity contribution in [2.45, 2.75) is 26.1 Å². The summed E-state index contributed by atoms with van der Waals surface area (Å²) in [6.45, 7) is 3.11. The predicted octanol–water partition coefficient (Wildman–Crippen LogP) is 1.50. The highest BCUT2D eigenvalue weighted by Crippen LogP contribution is 2.24. The summed E-state index contributed by atoms with van der Waals surface area (Å²) in [6.07, 6.45) is -4.35. The highest BCUT2D eigenvalue weighted by Gasteiger charge is 2.41. The Bertz CT molecular complexity index is 147. The Morgan fingerprint density at radius 2 is 1.77 bits per heavy atom. The molecule has 0 aliphatic rings. The second-order valence-corrected chi connectivity index (χ2v) is 3.57. The van der Waals surface area contributed by atoms with Crippen LogP contribution in [0.25, 0.3) is 0 Å². The maximum absolute atomic E-state index is 12.2. The van der Waals surface area contributed by atoms with E-state index in [0.717, 1.165) is 4.90 Å². The predicted molar refractivity (Wildman–Crippen MR) is 44.4 cm³/mol. The van der Waals surface area contributed by atoms with Crippen LogP contribution >= 0.6 is 0 Å². The van der Waals surface area contributed by atoms with E-state index in [1.54, 1.807) is 0 Å². The fourth-order valence-corrected chi connectivity index (χ4v) is 1.20. The van der Waals surface area contributed by atoms with Crippen molar-refractivity contribution in [1.29, 1.82) is 0 Å². The number of hydrogen-bond donors (Lipinski definition) is 1. The van der Waals surface area contributed by atoms with Crippen LogP contribution in [0.4, 0.5) is 13.2 Å². The third-order valence-electron chi connectivity index (χ3n) is 1.74. The minimum Gasteiger partial charge on any atom is -0.394 e.